The molecule has 1 amide bonds. The lowest BCUT2D eigenvalue weighted by Crippen LogP contribution is -2.36. The van der Waals surface area contributed by atoms with Crippen molar-refractivity contribution in [3.63, 3.8) is 0 Å². The second kappa shape index (κ2) is 8.39. The first-order valence-electron chi connectivity index (χ1n) is 9.19. The molecule has 1 N–H and O–H groups in total. The van der Waals surface area contributed by atoms with Crippen LogP contribution in [-0.4, -0.2) is 32.2 Å². The van der Waals surface area contributed by atoms with Crippen molar-refractivity contribution in [2.75, 3.05) is 18.9 Å². The van der Waals surface area contributed by atoms with Crippen molar-refractivity contribution in [3.8, 4) is 0 Å². The quantitative estimate of drug-likeness (QED) is 0.741. The van der Waals surface area contributed by atoms with E-state index in [-0.39, 0.29) is 4.90 Å². The highest BCUT2D eigenvalue weighted by atomic mass is 32.2. The zero-order valence-corrected chi connectivity index (χ0v) is 18.5. The normalized spacial score (nSPS) is 12.3. The van der Waals surface area contributed by atoms with Gasteiger partial charge in [0.1, 0.15) is 0 Å². The number of hydrogen-bond acceptors (Lipinski definition) is 3. The molecule has 0 aliphatic carbocycles. The summed E-state index contributed by atoms with van der Waals surface area (Å²) >= 11 is 0. The molecule has 164 valence electrons. The third-order valence-corrected chi connectivity index (χ3v) is 7.55. The van der Waals surface area contributed by atoms with Gasteiger partial charge in [-0.2, -0.15) is 17.5 Å². The second-order valence-corrected chi connectivity index (χ2v) is 9.29. The number of carbonyl (C=O) groups excluding carboxylic acids is 1. The fraction of sp³-hybridized carbons (Fsp3) is 0.381. The van der Waals surface area contributed by atoms with Crippen LogP contribution in [0.4, 0.5) is 18.9 Å². The van der Waals surface area contributed by atoms with Crippen LogP contribution in [0.25, 0.3) is 0 Å². The third kappa shape index (κ3) is 4.52. The molecule has 0 saturated heterocycles. The molecule has 0 aromatic heterocycles. The lowest BCUT2D eigenvalue weighted by atomic mass is 9.95. The largest absolute Gasteiger partial charge is 0.418 e. The Kier molecular flexibility index (Phi) is 6.68. The summed E-state index contributed by atoms with van der Waals surface area (Å²) in [6.07, 6.45) is -4.65. The van der Waals surface area contributed by atoms with Crippen LogP contribution in [0.15, 0.2) is 29.2 Å². The summed E-state index contributed by atoms with van der Waals surface area (Å²) in [5.41, 5.74) is 2.43. The van der Waals surface area contributed by atoms with Crippen LogP contribution >= 0.6 is 0 Å². The van der Waals surface area contributed by atoms with Crippen molar-refractivity contribution in [2.24, 2.45) is 0 Å². The standard InChI is InChI=1S/C21H25F3N2O3S/c1-12-13(2)15(4)20(16(5)14(12)3)30(28,29)26(6)11-19(27)25-18-10-8-7-9-17(18)21(22,23)24/h7-10H,11H2,1-6H3,(H,25,27). The third-order valence-electron chi connectivity index (χ3n) is 5.47. The summed E-state index contributed by atoms with van der Waals surface area (Å²) in [4.78, 5) is 12.5. The summed E-state index contributed by atoms with van der Waals surface area (Å²) in [6, 6.07) is 4.54. The maximum Gasteiger partial charge on any atom is 0.418 e. The van der Waals surface area contributed by atoms with E-state index in [0.29, 0.717) is 11.1 Å². The number of anilines is 1. The van der Waals surface area contributed by atoms with E-state index < -0.39 is 39.9 Å². The van der Waals surface area contributed by atoms with Crippen molar-refractivity contribution in [1.29, 1.82) is 0 Å². The fourth-order valence-corrected chi connectivity index (χ4v) is 5.00. The Morgan fingerprint density at radius 1 is 0.933 bits per heavy atom. The Labute approximate surface area is 175 Å². The molecule has 0 aliphatic heterocycles. The lowest BCUT2D eigenvalue weighted by Gasteiger charge is -2.23. The van der Waals surface area contributed by atoms with Crippen LogP contribution in [0.5, 0.6) is 0 Å². The Morgan fingerprint density at radius 3 is 1.90 bits per heavy atom. The number of nitrogens with one attached hydrogen (secondary N) is 1. The zero-order valence-electron chi connectivity index (χ0n) is 17.7. The molecule has 0 aliphatic rings. The minimum Gasteiger partial charge on any atom is -0.324 e. The van der Waals surface area contributed by atoms with Crippen molar-refractivity contribution in [2.45, 2.75) is 45.7 Å². The number of nitrogens with zero attached hydrogens (tertiary/aromatic N) is 1. The minimum atomic E-state index is -4.65. The van der Waals surface area contributed by atoms with Gasteiger partial charge in [-0.3, -0.25) is 4.79 Å². The molecule has 2 aromatic rings. The van der Waals surface area contributed by atoms with Gasteiger partial charge in [0.2, 0.25) is 15.9 Å². The first-order chi connectivity index (χ1) is 13.7. The van der Waals surface area contributed by atoms with E-state index in [1.54, 1.807) is 13.8 Å². The van der Waals surface area contributed by atoms with Gasteiger partial charge in [0.25, 0.3) is 0 Å². The second-order valence-electron chi connectivity index (χ2n) is 7.31. The molecule has 2 aromatic carbocycles. The molecule has 0 heterocycles. The van der Waals surface area contributed by atoms with E-state index in [9.17, 15) is 26.4 Å². The highest BCUT2D eigenvalue weighted by molar-refractivity contribution is 7.89. The number of likely N-dealkylation sites (N-methyl/N-ethyl adjacent to an activating group) is 1. The fourth-order valence-electron chi connectivity index (χ4n) is 3.32. The average molecular weight is 443 g/mol. The number of hydrogen-bond donors (Lipinski definition) is 1. The molecular weight excluding hydrogens is 417 g/mol. The first-order valence-corrected chi connectivity index (χ1v) is 10.6. The summed E-state index contributed by atoms with van der Waals surface area (Å²) in [5, 5.41) is 2.17. The Hall–Kier alpha value is -2.39. The van der Waals surface area contributed by atoms with Gasteiger partial charge in [0.05, 0.1) is 22.7 Å². The van der Waals surface area contributed by atoms with Crippen molar-refractivity contribution < 1.29 is 26.4 Å². The van der Waals surface area contributed by atoms with Crippen LogP contribution in [0, 0.1) is 34.6 Å². The van der Waals surface area contributed by atoms with Crippen LogP contribution in [0.3, 0.4) is 0 Å². The van der Waals surface area contributed by atoms with E-state index in [0.717, 1.165) is 33.1 Å². The van der Waals surface area contributed by atoms with E-state index >= 15 is 0 Å². The Morgan fingerprint density at radius 2 is 1.40 bits per heavy atom. The number of sulfonamides is 1. The summed E-state index contributed by atoms with van der Waals surface area (Å²) in [5.74, 6) is -0.867. The molecule has 0 bridgehead atoms. The highest BCUT2D eigenvalue weighted by Gasteiger charge is 2.34. The molecule has 0 unspecified atom stereocenters. The molecule has 0 radical (unpaired) electrons. The van der Waals surface area contributed by atoms with Crippen LogP contribution < -0.4 is 5.32 Å². The smallest absolute Gasteiger partial charge is 0.324 e. The summed E-state index contributed by atoms with van der Waals surface area (Å²) in [7, 11) is -2.81. The molecular formula is C21H25F3N2O3S. The van der Waals surface area contributed by atoms with Crippen LogP contribution in [-0.2, 0) is 21.0 Å². The van der Waals surface area contributed by atoms with Gasteiger partial charge in [0.15, 0.2) is 0 Å². The molecule has 0 saturated carbocycles. The SMILES string of the molecule is Cc1c(C)c(C)c(S(=O)(=O)N(C)CC(=O)Nc2ccccc2C(F)(F)F)c(C)c1C. The van der Waals surface area contributed by atoms with E-state index in [1.807, 2.05) is 20.8 Å². The van der Waals surface area contributed by atoms with Gasteiger partial charge in [-0.1, -0.05) is 12.1 Å². The molecule has 0 fully saturated rings. The van der Waals surface area contributed by atoms with Crippen molar-refractivity contribution in [1.82, 2.24) is 4.31 Å². The Balaban J connectivity index is 2.33. The molecule has 9 heteroatoms. The van der Waals surface area contributed by atoms with Crippen LogP contribution in [0.2, 0.25) is 0 Å². The molecule has 2 rings (SSSR count). The lowest BCUT2D eigenvalue weighted by molar-refractivity contribution is -0.137. The van der Waals surface area contributed by atoms with Crippen molar-refractivity contribution in [3.05, 3.63) is 57.6 Å². The molecule has 0 atom stereocenters. The first kappa shape index (κ1) is 23.9. The van der Waals surface area contributed by atoms with E-state index in [2.05, 4.69) is 5.32 Å². The van der Waals surface area contributed by atoms with Gasteiger partial charge in [0, 0.05) is 7.05 Å². The predicted molar refractivity (Wildman–Crippen MR) is 110 cm³/mol. The molecule has 5 nitrogen and oxygen atoms in total. The van der Waals surface area contributed by atoms with Gasteiger partial charge >= 0.3 is 6.18 Å². The topological polar surface area (TPSA) is 66.5 Å². The number of para-hydroxylation sites is 1. The number of alkyl halides is 3. The van der Waals surface area contributed by atoms with Gasteiger partial charge in [-0.25, -0.2) is 8.42 Å². The number of rotatable bonds is 5. The maximum atomic E-state index is 13.2. The monoisotopic (exact) mass is 442 g/mol. The summed E-state index contributed by atoms with van der Waals surface area (Å²) < 4.78 is 66.5. The minimum absolute atomic E-state index is 0.120. The number of halogens is 3. The highest BCUT2D eigenvalue weighted by Crippen LogP contribution is 2.35. The zero-order chi connectivity index (χ0) is 23.0. The van der Waals surface area contributed by atoms with E-state index in [4.69, 9.17) is 0 Å². The molecule has 30 heavy (non-hydrogen) atoms. The van der Waals surface area contributed by atoms with Crippen LogP contribution in [0.1, 0.15) is 33.4 Å². The number of benzene rings is 2. The number of amides is 1. The van der Waals surface area contributed by atoms with Gasteiger partial charge in [-0.15, -0.1) is 0 Å². The summed E-state index contributed by atoms with van der Waals surface area (Å²) in [6.45, 7) is 8.35. The number of carbonyl (C=O) groups is 1. The van der Waals surface area contributed by atoms with E-state index in [1.165, 1.54) is 19.2 Å². The maximum absolute atomic E-state index is 13.2. The van der Waals surface area contributed by atoms with Gasteiger partial charge in [-0.05, 0) is 74.6 Å². The average Bonchev–Trinajstić information content (AvgIpc) is 2.64. The van der Waals surface area contributed by atoms with Gasteiger partial charge < -0.3 is 5.32 Å². The van der Waals surface area contributed by atoms with Crippen molar-refractivity contribution >= 4 is 21.6 Å². The Bertz CT molecular complexity index is 1060. The predicted octanol–water partition coefficient (Wildman–Crippen LogP) is 4.51. The molecule has 0 spiro atoms.